The Morgan fingerprint density at radius 3 is 2.21 bits per heavy atom. The van der Waals surface area contributed by atoms with Gasteiger partial charge in [0.05, 0.1) is 0 Å². The molecule has 0 spiro atoms. The molecule has 1 heterocycles. The van der Waals surface area contributed by atoms with Crippen molar-refractivity contribution in [2.45, 2.75) is 66.3 Å². The van der Waals surface area contributed by atoms with Crippen LogP contribution in [-0.4, -0.2) is 4.57 Å². The molecule has 1 rings (SSSR count). The number of hydrogen-bond donors (Lipinski definition) is 0. The maximum atomic E-state index is 3.96. The van der Waals surface area contributed by atoms with Crippen molar-refractivity contribution in [3.05, 3.63) is 35.0 Å². The van der Waals surface area contributed by atoms with Gasteiger partial charge in [0.2, 0.25) is 0 Å². The lowest BCUT2D eigenvalue weighted by atomic mass is 10.2. The van der Waals surface area contributed by atoms with Crippen molar-refractivity contribution in [1.82, 2.24) is 4.57 Å². The smallest absolute Gasteiger partial charge is 0.0474 e. The van der Waals surface area contributed by atoms with Crippen LogP contribution in [0.5, 0.6) is 0 Å². The van der Waals surface area contributed by atoms with Gasteiger partial charge in [0.15, 0.2) is 0 Å². The number of aromatic nitrogens is 1. The maximum Gasteiger partial charge on any atom is 0.0474 e. The Kier molecular flexibility index (Phi) is 11.1. The van der Waals surface area contributed by atoms with Gasteiger partial charge in [0.1, 0.15) is 0 Å². The Morgan fingerprint density at radius 2 is 1.74 bits per heavy atom. The molecule has 108 valence electrons. The Bertz CT molecular complexity index is 433. The second-order valence-corrected chi connectivity index (χ2v) is 4.77. The molecule has 19 heavy (non-hydrogen) atoms. The summed E-state index contributed by atoms with van der Waals surface area (Å²) in [4.78, 5) is 0. The second kappa shape index (κ2) is 11.8. The Labute approximate surface area is 119 Å². The number of unbranched alkanes of at least 4 members (excludes halogenated alkanes) is 4. The predicted molar refractivity (Wildman–Crippen MR) is 88.6 cm³/mol. The van der Waals surface area contributed by atoms with Gasteiger partial charge in [0, 0.05) is 18.1 Å². The third-order valence-corrected chi connectivity index (χ3v) is 3.09. The van der Waals surface area contributed by atoms with Crippen LogP contribution < -0.4 is 10.6 Å². The van der Waals surface area contributed by atoms with E-state index in [4.69, 9.17) is 0 Å². The van der Waals surface area contributed by atoms with Crippen LogP contribution >= 0.6 is 0 Å². The summed E-state index contributed by atoms with van der Waals surface area (Å²) in [5.74, 6) is 0. The van der Waals surface area contributed by atoms with E-state index in [0.29, 0.717) is 0 Å². The lowest BCUT2D eigenvalue weighted by Crippen LogP contribution is -2.26. The first kappa shape index (κ1) is 17.8. The van der Waals surface area contributed by atoms with E-state index in [1.165, 1.54) is 37.5 Å². The van der Waals surface area contributed by atoms with Gasteiger partial charge < -0.3 is 4.57 Å². The molecule has 1 aromatic heterocycles. The van der Waals surface area contributed by atoms with Crippen LogP contribution in [-0.2, 0) is 6.54 Å². The minimum atomic E-state index is 0.999. The van der Waals surface area contributed by atoms with Crippen molar-refractivity contribution >= 4 is 12.7 Å². The zero-order valence-electron chi connectivity index (χ0n) is 13.3. The van der Waals surface area contributed by atoms with Crippen molar-refractivity contribution in [2.75, 3.05) is 0 Å². The van der Waals surface area contributed by atoms with E-state index in [0.717, 1.165) is 11.8 Å². The average molecular weight is 261 g/mol. The lowest BCUT2D eigenvalue weighted by molar-refractivity contribution is 0.656. The van der Waals surface area contributed by atoms with Crippen LogP contribution in [0.15, 0.2) is 24.4 Å². The van der Waals surface area contributed by atoms with E-state index in [-0.39, 0.29) is 0 Å². The van der Waals surface area contributed by atoms with Crippen molar-refractivity contribution in [2.24, 2.45) is 0 Å². The number of allylic oxidation sites excluding steroid dienone is 2. The van der Waals surface area contributed by atoms with Gasteiger partial charge in [-0.1, -0.05) is 64.7 Å². The molecule has 0 saturated carbocycles. The van der Waals surface area contributed by atoms with Gasteiger partial charge >= 0.3 is 0 Å². The minimum absolute atomic E-state index is 0.999. The highest BCUT2D eigenvalue weighted by atomic mass is 14.9. The molecule has 0 aliphatic heterocycles. The predicted octanol–water partition coefficient (Wildman–Crippen LogP) is 4.25. The fraction of sp³-hybridized carbons (Fsp3) is 0.556. The molecule has 1 nitrogen and oxygen atoms in total. The van der Waals surface area contributed by atoms with Crippen molar-refractivity contribution in [3.63, 3.8) is 0 Å². The summed E-state index contributed by atoms with van der Waals surface area (Å²) >= 11 is 0. The number of hydrogen-bond acceptors (Lipinski definition) is 0. The van der Waals surface area contributed by atoms with Crippen LogP contribution in [0.1, 0.15) is 59.8 Å². The second-order valence-electron chi connectivity index (χ2n) is 4.77. The molecule has 0 bridgehead atoms. The number of aryl methyl sites for hydroxylation is 1. The first-order chi connectivity index (χ1) is 9.21. The van der Waals surface area contributed by atoms with Crippen molar-refractivity contribution < 1.29 is 0 Å². The van der Waals surface area contributed by atoms with E-state index in [2.05, 4.69) is 44.2 Å². The molecule has 1 heteroatoms. The SMILES string of the molecule is C=c1ccn(CC)/c1=C/C=C\C.CCCCCCC. The van der Waals surface area contributed by atoms with Crippen LogP contribution in [0.25, 0.3) is 12.7 Å². The molecule has 0 aliphatic carbocycles. The molecule has 0 unspecified atom stereocenters. The Hall–Kier alpha value is -1.24. The average Bonchev–Trinajstić information content (AvgIpc) is 2.78. The molecule has 0 amide bonds. The number of nitrogens with zero attached hydrogens (tertiary/aromatic N) is 1. The summed E-state index contributed by atoms with van der Waals surface area (Å²) in [6.45, 7) is 13.6. The first-order valence-corrected chi connectivity index (χ1v) is 7.68. The highest BCUT2D eigenvalue weighted by molar-refractivity contribution is 5.35. The van der Waals surface area contributed by atoms with Crippen LogP contribution in [0.4, 0.5) is 0 Å². The summed E-state index contributed by atoms with van der Waals surface area (Å²) < 4.78 is 2.18. The highest BCUT2D eigenvalue weighted by Crippen LogP contribution is 2.00. The quantitative estimate of drug-likeness (QED) is 0.675. The van der Waals surface area contributed by atoms with E-state index in [9.17, 15) is 0 Å². The van der Waals surface area contributed by atoms with E-state index >= 15 is 0 Å². The van der Waals surface area contributed by atoms with Crippen LogP contribution in [0.3, 0.4) is 0 Å². The van der Waals surface area contributed by atoms with Crippen molar-refractivity contribution in [3.8, 4) is 0 Å². The van der Waals surface area contributed by atoms with Gasteiger partial charge in [-0.3, -0.25) is 0 Å². The molecular formula is C18H31N. The van der Waals surface area contributed by atoms with E-state index in [1.54, 1.807) is 0 Å². The molecule has 1 aromatic rings. The summed E-state index contributed by atoms with van der Waals surface area (Å²) in [5, 5.41) is 2.30. The Morgan fingerprint density at radius 1 is 1.11 bits per heavy atom. The summed E-state index contributed by atoms with van der Waals surface area (Å²) in [6, 6.07) is 2.04. The summed E-state index contributed by atoms with van der Waals surface area (Å²) in [6.07, 6.45) is 15.2. The maximum absolute atomic E-state index is 3.96. The molecule has 0 fully saturated rings. The van der Waals surface area contributed by atoms with Crippen LogP contribution in [0, 0.1) is 0 Å². The van der Waals surface area contributed by atoms with Gasteiger partial charge in [-0.15, -0.1) is 0 Å². The van der Waals surface area contributed by atoms with Crippen molar-refractivity contribution in [1.29, 1.82) is 0 Å². The molecule has 0 N–H and O–H groups in total. The topological polar surface area (TPSA) is 4.93 Å². The van der Waals surface area contributed by atoms with E-state index < -0.39 is 0 Å². The molecule has 0 saturated heterocycles. The first-order valence-electron chi connectivity index (χ1n) is 7.68. The minimum Gasteiger partial charge on any atom is -0.348 e. The normalized spacial score (nSPS) is 11.7. The molecule has 0 aromatic carbocycles. The standard InChI is InChI=1S/C11H15N.C7H16/c1-4-6-7-11-10(3)8-9-12(11)5-2;1-3-5-7-6-4-2/h4,6-9H,3,5H2,1-2H3;3-7H2,1-2H3/b6-4-,11-7+;. The molecular weight excluding hydrogens is 230 g/mol. The van der Waals surface area contributed by atoms with Gasteiger partial charge in [0.25, 0.3) is 0 Å². The zero-order valence-corrected chi connectivity index (χ0v) is 13.3. The third kappa shape index (κ3) is 7.71. The molecule has 0 radical (unpaired) electrons. The number of rotatable bonds is 6. The van der Waals surface area contributed by atoms with E-state index in [1.807, 2.05) is 25.1 Å². The van der Waals surface area contributed by atoms with Gasteiger partial charge in [-0.25, -0.2) is 0 Å². The molecule has 0 atom stereocenters. The van der Waals surface area contributed by atoms with Gasteiger partial charge in [-0.2, -0.15) is 0 Å². The molecule has 0 aliphatic rings. The van der Waals surface area contributed by atoms with Crippen LogP contribution in [0.2, 0.25) is 0 Å². The fourth-order valence-corrected chi connectivity index (χ4v) is 1.87. The fourth-order valence-electron chi connectivity index (χ4n) is 1.87. The highest BCUT2D eigenvalue weighted by Gasteiger charge is 1.88. The largest absolute Gasteiger partial charge is 0.348 e. The lowest BCUT2D eigenvalue weighted by Gasteiger charge is -1.95. The zero-order chi connectivity index (χ0) is 14.5. The summed E-state index contributed by atoms with van der Waals surface area (Å²) in [7, 11) is 0. The summed E-state index contributed by atoms with van der Waals surface area (Å²) in [5.41, 5.74) is 0. The van der Waals surface area contributed by atoms with Gasteiger partial charge in [-0.05, 0) is 31.2 Å². The third-order valence-electron chi connectivity index (χ3n) is 3.09. The monoisotopic (exact) mass is 261 g/mol. The Balaban J connectivity index is 0.000000399.